The summed E-state index contributed by atoms with van der Waals surface area (Å²) in [6.07, 6.45) is 1.44. The quantitative estimate of drug-likeness (QED) is 0.367. The predicted octanol–water partition coefficient (Wildman–Crippen LogP) is 2.32. The third-order valence-electron chi connectivity index (χ3n) is 3.68. The van der Waals surface area contributed by atoms with E-state index in [0.29, 0.717) is 11.4 Å². The van der Waals surface area contributed by atoms with Crippen LogP contribution in [0.5, 0.6) is 0 Å². The maximum atomic E-state index is 12.9. The second-order valence-electron chi connectivity index (χ2n) is 5.84. The normalized spacial score (nSPS) is 10.4. The van der Waals surface area contributed by atoms with E-state index < -0.39 is 22.6 Å². The van der Waals surface area contributed by atoms with Crippen LogP contribution in [-0.4, -0.2) is 31.8 Å². The van der Waals surface area contributed by atoms with Crippen molar-refractivity contribution in [1.82, 2.24) is 15.0 Å². The van der Waals surface area contributed by atoms with Gasteiger partial charge in [0.05, 0.1) is 16.7 Å². The fraction of sp³-hybridized carbons (Fsp3) is 0.111. The van der Waals surface area contributed by atoms with E-state index >= 15 is 0 Å². The molecule has 0 saturated heterocycles. The zero-order valence-corrected chi connectivity index (χ0v) is 14.8. The fourth-order valence-electron chi connectivity index (χ4n) is 2.30. The number of ether oxygens (including phenoxy) is 1. The lowest BCUT2D eigenvalue weighted by Gasteiger charge is -2.04. The Morgan fingerprint density at radius 2 is 1.83 bits per heavy atom. The molecule has 2 aromatic carbocycles. The summed E-state index contributed by atoms with van der Waals surface area (Å²) in [5.74, 6) is -1.52. The molecular formula is C18H14FN5O5. The van der Waals surface area contributed by atoms with Gasteiger partial charge in [-0.3, -0.25) is 14.9 Å². The first-order chi connectivity index (χ1) is 13.9. The molecule has 148 valence electrons. The molecule has 0 bridgehead atoms. The molecule has 0 aliphatic heterocycles. The molecule has 1 amide bonds. The number of nitro benzene ring substituents is 1. The number of carbonyl (C=O) groups is 2. The monoisotopic (exact) mass is 399 g/mol. The molecule has 1 N–H and O–H groups in total. The highest BCUT2D eigenvalue weighted by molar-refractivity contribution is 5.90. The third-order valence-corrected chi connectivity index (χ3v) is 3.68. The number of aromatic nitrogens is 3. The standard InChI is InChI=1S/C18H14FN5O5/c19-13-3-1-12(2-4-13)18(26)29-11-15-9-23(22-21-15)10-17(25)20-14-5-7-16(8-6-14)24(27)28/h1-9H,10-11H2,(H,20,25). The average Bonchev–Trinajstić information content (AvgIpc) is 3.14. The van der Waals surface area contributed by atoms with Gasteiger partial charge in [0.2, 0.25) is 5.91 Å². The van der Waals surface area contributed by atoms with Crippen LogP contribution in [0, 0.1) is 15.9 Å². The van der Waals surface area contributed by atoms with E-state index in [4.69, 9.17) is 4.74 Å². The molecule has 0 saturated carbocycles. The predicted molar refractivity (Wildman–Crippen MR) is 97.3 cm³/mol. The number of nitrogens with one attached hydrogen (secondary N) is 1. The molecule has 11 heteroatoms. The largest absolute Gasteiger partial charge is 0.455 e. The van der Waals surface area contributed by atoms with E-state index in [-0.39, 0.29) is 24.4 Å². The summed E-state index contributed by atoms with van der Waals surface area (Å²) >= 11 is 0. The minimum atomic E-state index is -0.643. The first-order valence-corrected chi connectivity index (χ1v) is 8.27. The number of esters is 1. The van der Waals surface area contributed by atoms with Gasteiger partial charge in [-0.25, -0.2) is 13.9 Å². The number of anilines is 1. The zero-order valence-electron chi connectivity index (χ0n) is 14.8. The Labute approximate surface area is 163 Å². The molecule has 29 heavy (non-hydrogen) atoms. The van der Waals surface area contributed by atoms with Crippen LogP contribution in [0.3, 0.4) is 0 Å². The summed E-state index contributed by atoms with van der Waals surface area (Å²) in [7, 11) is 0. The Hall–Kier alpha value is -4.15. The molecule has 1 aromatic heterocycles. The van der Waals surface area contributed by atoms with Gasteiger partial charge >= 0.3 is 5.97 Å². The summed E-state index contributed by atoms with van der Waals surface area (Å²) in [5.41, 5.74) is 0.832. The summed E-state index contributed by atoms with van der Waals surface area (Å²) in [6.45, 7) is -0.323. The minimum Gasteiger partial charge on any atom is -0.455 e. The summed E-state index contributed by atoms with van der Waals surface area (Å²) in [5, 5.41) is 20.8. The number of carbonyl (C=O) groups excluding carboxylic acids is 2. The van der Waals surface area contributed by atoms with Gasteiger partial charge in [0.15, 0.2) is 0 Å². The van der Waals surface area contributed by atoms with Gasteiger partial charge in [-0.05, 0) is 36.4 Å². The SMILES string of the molecule is O=C(Cn1cc(COC(=O)c2ccc(F)cc2)nn1)Nc1ccc([N+](=O)[O-])cc1. The van der Waals surface area contributed by atoms with Crippen LogP contribution in [0.25, 0.3) is 0 Å². The number of non-ortho nitro benzene ring substituents is 1. The topological polar surface area (TPSA) is 129 Å². The van der Waals surface area contributed by atoms with E-state index in [2.05, 4.69) is 15.6 Å². The lowest BCUT2D eigenvalue weighted by molar-refractivity contribution is -0.384. The maximum absolute atomic E-state index is 12.9. The van der Waals surface area contributed by atoms with Gasteiger partial charge in [-0.2, -0.15) is 0 Å². The lowest BCUT2D eigenvalue weighted by Crippen LogP contribution is -2.19. The van der Waals surface area contributed by atoms with Crippen LogP contribution in [0.2, 0.25) is 0 Å². The molecule has 3 rings (SSSR count). The van der Waals surface area contributed by atoms with Crippen LogP contribution in [0.4, 0.5) is 15.8 Å². The van der Waals surface area contributed by atoms with E-state index in [1.54, 1.807) is 0 Å². The molecule has 0 aliphatic carbocycles. The number of amides is 1. The second kappa shape index (κ2) is 8.69. The van der Waals surface area contributed by atoms with Crippen molar-refractivity contribution >= 4 is 23.3 Å². The summed E-state index contributed by atoms with van der Waals surface area (Å²) in [4.78, 5) is 34.0. The van der Waals surface area contributed by atoms with Gasteiger partial charge in [-0.15, -0.1) is 5.10 Å². The summed E-state index contributed by atoms with van der Waals surface area (Å²) < 4.78 is 19.2. The van der Waals surface area contributed by atoms with Gasteiger partial charge in [-0.1, -0.05) is 5.21 Å². The Morgan fingerprint density at radius 3 is 2.48 bits per heavy atom. The number of nitrogens with zero attached hydrogens (tertiary/aromatic N) is 4. The molecule has 3 aromatic rings. The van der Waals surface area contributed by atoms with E-state index in [0.717, 1.165) is 12.1 Å². The van der Waals surface area contributed by atoms with Crippen molar-refractivity contribution in [1.29, 1.82) is 0 Å². The minimum absolute atomic E-state index is 0.0842. The maximum Gasteiger partial charge on any atom is 0.338 e. The van der Waals surface area contributed by atoms with Crippen molar-refractivity contribution in [3.8, 4) is 0 Å². The van der Waals surface area contributed by atoms with Gasteiger partial charge < -0.3 is 10.1 Å². The van der Waals surface area contributed by atoms with Crippen LogP contribution in [0.15, 0.2) is 54.7 Å². The van der Waals surface area contributed by atoms with Crippen LogP contribution < -0.4 is 5.32 Å². The first kappa shape index (κ1) is 19.6. The van der Waals surface area contributed by atoms with Crippen LogP contribution >= 0.6 is 0 Å². The van der Waals surface area contributed by atoms with Crippen molar-refractivity contribution < 1.29 is 23.6 Å². The number of hydrogen-bond acceptors (Lipinski definition) is 7. The highest BCUT2D eigenvalue weighted by Gasteiger charge is 2.11. The van der Waals surface area contributed by atoms with Gasteiger partial charge in [0.1, 0.15) is 24.7 Å². The van der Waals surface area contributed by atoms with Crippen molar-refractivity contribution in [3.63, 3.8) is 0 Å². The number of hydrogen-bond donors (Lipinski definition) is 1. The first-order valence-electron chi connectivity index (χ1n) is 8.27. The van der Waals surface area contributed by atoms with E-state index in [9.17, 15) is 24.1 Å². The van der Waals surface area contributed by atoms with Crippen LogP contribution in [-0.2, 0) is 22.7 Å². The molecule has 0 spiro atoms. The molecule has 0 unspecified atom stereocenters. The van der Waals surface area contributed by atoms with Crippen molar-refractivity contribution in [2.75, 3.05) is 5.32 Å². The zero-order chi connectivity index (χ0) is 20.8. The molecule has 0 aliphatic rings. The van der Waals surface area contributed by atoms with E-state index in [1.165, 1.54) is 47.3 Å². The van der Waals surface area contributed by atoms with Crippen molar-refractivity contribution in [3.05, 3.63) is 81.9 Å². The molecule has 0 radical (unpaired) electrons. The number of halogens is 1. The van der Waals surface area contributed by atoms with Gasteiger partial charge in [0.25, 0.3) is 5.69 Å². The van der Waals surface area contributed by atoms with E-state index in [1.807, 2.05) is 0 Å². The smallest absolute Gasteiger partial charge is 0.338 e. The van der Waals surface area contributed by atoms with Crippen molar-refractivity contribution in [2.45, 2.75) is 13.2 Å². The summed E-state index contributed by atoms with van der Waals surface area (Å²) in [6, 6.07) is 10.3. The highest BCUT2D eigenvalue weighted by Crippen LogP contribution is 2.15. The Morgan fingerprint density at radius 1 is 1.14 bits per heavy atom. The fourth-order valence-corrected chi connectivity index (χ4v) is 2.30. The van der Waals surface area contributed by atoms with Crippen molar-refractivity contribution in [2.24, 2.45) is 0 Å². The Kier molecular flexibility index (Phi) is 5.88. The molecular weight excluding hydrogens is 385 g/mol. The lowest BCUT2D eigenvalue weighted by atomic mass is 10.2. The number of nitro groups is 1. The molecule has 1 heterocycles. The average molecular weight is 399 g/mol. The highest BCUT2D eigenvalue weighted by atomic mass is 19.1. The van der Waals surface area contributed by atoms with Gasteiger partial charge in [0, 0.05) is 17.8 Å². The third kappa shape index (κ3) is 5.42. The number of rotatable bonds is 7. The molecule has 10 nitrogen and oxygen atoms in total. The molecule has 0 atom stereocenters. The van der Waals surface area contributed by atoms with Crippen LogP contribution in [0.1, 0.15) is 16.1 Å². The molecule has 0 fully saturated rings. The Balaban J connectivity index is 1.50. The second-order valence-corrected chi connectivity index (χ2v) is 5.84. The Bertz CT molecular complexity index is 1030. The number of benzene rings is 2.